The molecule has 94 valence electrons. The van der Waals surface area contributed by atoms with Crippen molar-refractivity contribution in [3.63, 3.8) is 0 Å². The number of rotatable bonds is 1. The summed E-state index contributed by atoms with van der Waals surface area (Å²) in [6.07, 6.45) is -1.42. The lowest BCUT2D eigenvalue weighted by molar-refractivity contribution is -0.268. The van der Waals surface area contributed by atoms with Crippen LogP contribution in [0.1, 0.15) is 23.5 Å². The van der Waals surface area contributed by atoms with E-state index in [-0.39, 0.29) is 12.5 Å². The molecule has 5 heteroatoms. The molecule has 0 saturated carbocycles. The highest BCUT2D eigenvalue weighted by Gasteiger charge is 2.28. The number of aliphatic hydroxyl groups is 1. The number of hydrogen-bond acceptors (Lipinski definition) is 4. The Morgan fingerprint density at radius 3 is 2.61 bits per heavy atom. The molecule has 1 saturated heterocycles. The molecule has 0 aromatic heterocycles. The van der Waals surface area contributed by atoms with Gasteiger partial charge in [0.25, 0.3) is 0 Å². The van der Waals surface area contributed by atoms with Crippen LogP contribution in [0.5, 0.6) is 0 Å². The smallest absolute Gasteiger partial charge is 0.137 e. The third-order valence-electron chi connectivity index (χ3n) is 3.31. The Kier molecular flexibility index (Phi) is 3.49. The standard InChI is InChI=1S/C13H14N2O3/c14-7-9-1-3-10(4-2-9)11-5-6-15(13(17)18)8-12(11)16/h1-4,11-12,16H,5-6,8H2,(H,17,18)/p-1. The molecule has 18 heavy (non-hydrogen) atoms. The van der Waals surface area contributed by atoms with E-state index in [4.69, 9.17) is 5.26 Å². The maximum absolute atomic E-state index is 10.7. The maximum Gasteiger partial charge on any atom is 0.137 e. The molecule has 1 aliphatic rings. The van der Waals surface area contributed by atoms with E-state index in [1.807, 2.05) is 6.07 Å². The van der Waals surface area contributed by atoms with Crippen molar-refractivity contribution in [3.8, 4) is 6.07 Å². The van der Waals surface area contributed by atoms with E-state index < -0.39 is 12.2 Å². The summed E-state index contributed by atoms with van der Waals surface area (Å²) in [5, 5.41) is 29.4. The summed E-state index contributed by atoms with van der Waals surface area (Å²) in [4.78, 5) is 11.8. The fourth-order valence-electron chi connectivity index (χ4n) is 2.29. The summed E-state index contributed by atoms with van der Waals surface area (Å²) >= 11 is 0. The first-order chi connectivity index (χ1) is 8.61. The second-order valence-corrected chi connectivity index (χ2v) is 4.41. The molecule has 5 nitrogen and oxygen atoms in total. The van der Waals surface area contributed by atoms with Crippen LogP contribution in [-0.4, -0.2) is 35.3 Å². The average molecular weight is 245 g/mol. The van der Waals surface area contributed by atoms with Gasteiger partial charge < -0.3 is 19.9 Å². The van der Waals surface area contributed by atoms with E-state index in [9.17, 15) is 15.0 Å². The number of nitriles is 1. The summed E-state index contributed by atoms with van der Waals surface area (Å²) < 4.78 is 0. The minimum absolute atomic E-state index is 0.0764. The Bertz CT molecular complexity index is 478. The Morgan fingerprint density at radius 1 is 1.44 bits per heavy atom. The molecule has 1 heterocycles. The van der Waals surface area contributed by atoms with Crippen LogP contribution in [0.15, 0.2) is 24.3 Å². The van der Waals surface area contributed by atoms with Gasteiger partial charge in [-0.05, 0) is 24.1 Å². The van der Waals surface area contributed by atoms with Gasteiger partial charge >= 0.3 is 0 Å². The molecule has 2 rings (SSSR count). The van der Waals surface area contributed by atoms with Gasteiger partial charge in [-0.25, -0.2) is 0 Å². The summed E-state index contributed by atoms with van der Waals surface area (Å²) in [5.74, 6) is -0.0895. The predicted octanol–water partition coefficient (Wildman–Crippen LogP) is 0.0518. The van der Waals surface area contributed by atoms with Gasteiger partial charge in [0.05, 0.1) is 17.7 Å². The maximum atomic E-state index is 10.7. The highest BCUT2D eigenvalue weighted by molar-refractivity contribution is 5.62. The molecule has 2 atom stereocenters. The molecule has 1 amide bonds. The van der Waals surface area contributed by atoms with E-state index in [2.05, 4.69) is 0 Å². The van der Waals surface area contributed by atoms with E-state index >= 15 is 0 Å². The van der Waals surface area contributed by atoms with Gasteiger partial charge in [0, 0.05) is 19.0 Å². The topological polar surface area (TPSA) is 87.4 Å². The van der Waals surface area contributed by atoms with Crippen molar-refractivity contribution < 1.29 is 15.0 Å². The number of carboxylic acid groups (broad SMARTS) is 1. The first kappa shape index (κ1) is 12.4. The monoisotopic (exact) mass is 245 g/mol. The fourth-order valence-corrected chi connectivity index (χ4v) is 2.29. The van der Waals surface area contributed by atoms with Gasteiger partial charge in [0.15, 0.2) is 0 Å². The molecule has 1 aromatic rings. The molecule has 1 aromatic carbocycles. The molecule has 1 fully saturated rings. The second kappa shape index (κ2) is 5.07. The van der Waals surface area contributed by atoms with Crippen molar-refractivity contribution in [2.75, 3.05) is 13.1 Å². The number of β-amino-alcohol motifs (C(OH)–C–C–N with tert-alkyl or cyclic N) is 1. The number of piperidine rings is 1. The van der Waals surface area contributed by atoms with Crippen molar-refractivity contribution in [1.29, 1.82) is 5.26 Å². The molecular formula is C13H13N2O3-. The van der Waals surface area contributed by atoms with Crippen LogP contribution in [-0.2, 0) is 0 Å². The van der Waals surface area contributed by atoms with Crippen LogP contribution >= 0.6 is 0 Å². The van der Waals surface area contributed by atoms with Crippen molar-refractivity contribution in [3.05, 3.63) is 35.4 Å². The van der Waals surface area contributed by atoms with E-state index in [1.54, 1.807) is 24.3 Å². The zero-order valence-corrected chi connectivity index (χ0v) is 9.74. The SMILES string of the molecule is N#Cc1ccc(C2CCN(C(=O)[O-])CC2O)cc1. The minimum atomic E-state index is -1.24. The lowest BCUT2D eigenvalue weighted by atomic mass is 9.87. The zero-order valence-electron chi connectivity index (χ0n) is 9.74. The van der Waals surface area contributed by atoms with Crippen molar-refractivity contribution in [2.24, 2.45) is 0 Å². The van der Waals surface area contributed by atoms with Crippen LogP contribution < -0.4 is 5.11 Å². The number of hydrogen-bond donors (Lipinski definition) is 1. The first-order valence-corrected chi connectivity index (χ1v) is 5.76. The lowest BCUT2D eigenvalue weighted by Gasteiger charge is -2.37. The third-order valence-corrected chi connectivity index (χ3v) is 3.31. The Labute approximate surface area is 105 Å². The highest BCUT2D eigenvalue weighted by Crippen LogP contribution is 2.28. The molecule has 1 aliphatic heterocycles. The largest absolute Gasteiger partial charge is 0.530 e. The lowest BCUT2D eigenvalue weighted by Crippen LogP contribution is -2.50. The van der Waals surface area contributed by atoms with E-state index in [0.29, 0.717) is 18.5 Å². The van der Waals surface area contributed by atoms with Crippen LogP contribution in [0.25, 0.3) is 0 Å². The third kappa shape index (κ3) is 2.44. The summed E-state index contributed by atoms with van der Waals surface area (Å²) in [7, 11) is 0. The van der Waals surface area contributed by atoms with Crippen molar-refractivity contribution in [2.45, 2.75) is 18.4 Å². The van der Waals surface area contributed by atoms with E-state index in [1.165, 1.54) is 0 Å². The predicted molar refractivity (Wildman–Crippen MR) is 61.5 cm³/mol. The number of nitrogens with zero attached hydrogens (tertiary/aromatic N) is 2. The molecule has 0 bridgehead atoms. The number of amides is 1. The van der Waals surface area contributed by atoms with Crippen LogP contribution in [0.3, 0.4) is 0 Å². The Morgan fingerprint density at radius 2 is 2.11 bits per heavy atom. The fraction of sp³-hybridized carbons (Fsp3) is 0.385. The van der Waals surface area contributed by atoms with Crippen LogP contribution in [0.2, 0.25) is 0 Å². The number of benzene rings is 1. The summed E-state index contributed by atoms with van der Waals surface area (Å²) in [6.45, 7) is 0.442. The molecule has 2 unspecified atom stereocenters. The normalized spacial score (nSPS) is 23.4. The number of aliphatic hydroxyl groups excluding tert-OH is 1. The zero-order chi connectivity index (χ0) is 13.1. The van der Waals surface area contributed by atoms with Gasteiger partial charge in [0.2, 0.25) is 0 Å². The number of carbonyl (C=O) groups is 1. The van der Waals surface area contributed by atoms with Crippen LogP contribution in [0.4, 0.5) is 4.79 Å². The van der Waals surface area contributed by atoms with Gasteiger partial charge in [-0.15, -0.1) is 0 Å². The number of carbonyl (C=O) groups excluding carboxylic acids is 1. The highest BCUT2D eigenvalue weighted by atomic mass is 16.4. The van der Waals surface area contributed by atoms with E-state index in [0.717, 1.165) is 10.5 Å². The molecule has 1 N–H and O–H groups in total. The summed E-state index contributed by atoms with van der Waals surface area (Å²) in [5.41, 5.74) is 1.50. The van der Waals surface area contributed by atoms with Crippen molar-refractivity contribution >= 4 is 6.09 Å². The number of likely N-dealkylation sites (tertiary alicyclic amines) is 1. The van der Waals surface area contributed by atoms with Gasteiger partial charge in [0.1, 0.15) is 6.09 Å². The van der Waals surface area contributed by atoms with Gasteiger partial charge in [-0.2, -0.15) is 5.26 Å². The molecule has 0 spiro atoms. The average Bonchev–Trinajstić information content (AvgIpc) is 2.38. The summed E-state index contributed by atoms with van der Waals surface area (Å²) in [6, 6.07) is 9.05. The molecule has 0 radical (unpaired) electrons. The van der Waals surface area contributed by atoms with Gasteiger partial charge in [-0.3, -0.25) is 0 Å². The minimum Gasteiger partial charge on any atom is -0.530 e. The van der Waals surface area contributed by atoms with Crippen molar-refractivity contribution in [1.82, 2.24) is 4.90 Å². The Hall–Kier alpha value is -2.06. The Balaban J connectivity index is 2.10. The molecular weight excluding hydrogens is 232 g/mol. The first-order valence-electron chi connectivity index (χ1n) is 5.76. The van der Waals surface area contributed by atoms with Gasteiger partial charge in [-0.1, -0.05) is 12.1 Å². The second-order valence-electron chi connectivity index (χ2n) is 4.41. The molecule has 0 aliphatic carbocycles. The quantitative estimate of drug-likeness (QED) is 0.757. The van der Waals surface area contributed by atoms with Crippen LogP contribution in [0, 0.1) is 11.3 Å².